The van der Waals surface area contributed by atoms with Crippen molar-refractivity contribution in [2.45, 2.75) is 37.6 Å². The molecule has 1 amide bonds. The normalized spacial score (nSPS) is 19.4. The van der Waals surface area contributed by atoms with Crippen LogP contribution in [0, 0.1) is 0 Å². The molecule has 1 atom stereocenters. The average molecular weight is 436 g/mol. The first-order valence-electron chi connectivity index (χ1n) is 11.3. The summed E-state index contributed by atoms with van der Waals surface area (Å²) in [7, 11) is 1.64. The van der Waals surface area contributed by atoms with E-state index in [1.807, 2.05) is 29.2 Å². The lowest BCUT2D eigenvalue weighted by Crippen LogP contribution is -2.30. The third kappa shape index (κ3) is 4.41. The van der Waals surface area contributed by atoms with E-state index in [0.29, 0.717) is 19.0 Å². The number of likely N-dealkylation sites (tertiary alicyclic amines) is 1. The van der Waals surface area contributed by atoms with Crippen molar-refractivity contribution in [3.05, 3.63) is 47.7 Å². The van der Waals surface area contributed by atoms with E-state index < -0.39 is 0 Å². The van der Waals surface area contributed by atoms with Crippen LogP contribution in [-0.2, 0) is 16.0 Å². The predicted molar refractivity (Wildman–Crippen MR) is 122 cm³/mol. The summed E-state index contributed by atoms with van der Waals surface area (Å²) in [4.78, 5) is 19.6. The summed E-state index contributed by atoms with van der Waals surface area (Å²) in [6.07, 6.45) is 3.28. The second-order valence-corrected chi connectivity index (χ2v) is 8.59. The van der Waals surface area contributed by atoms with Gasteiger partial charge in [-0.2, -0.15) is 5.10 Å². The molecule has 2 fully saturated rings. The summed E-state index contributed by atoms with van der Waals surface area (Å²) in [6.45, 7) is 3.03. The zero-order valence-electron chi connectivity index (χ0n) is 18.3. The highest BCUT2D eigenvalue weighted by molar-refractivity contribution is 5.87. The molecule has 1 aromatic carbocycles. The number of benzene rings is 1. The van der Waals surface area contributed by atoms with Gasteiger partial charge in [-0.3, -0.25) is 9.89 Å². The highest BCUT2D eigenvalue weighted by Gasteiger charge is 2.28. The van der Waals surface area contributed by atoms with Gasteiger partial charge in [0.05, 0.1) is 18.9 Å². The third-order valence-electron chi connectivity index (χ3n) is 6.46. The van der Waals surface area contributed by atoms with E-state index in [0.717, 1.165) is 72.9 Å². The standard InChI is InChI=1S/C24H29N5O3/c1-31-19-4-2-3-16(13-19)14-22(30)29-10-7-17(15-29)21-6-5-20-23(27-28-24(20)26-21)25-18-8-11-32-12-9-18/h2-6,13,17-18H,7-12,14-15H2,1H3,(H2,25,26,27,28)/t17-/m0/s1. The molecule has 2 N–H and O–H groups in total. The van der Waals surface area contributed by atoms with Gasteiger partial charge in [0.15, 0.2) is 11.5 Å². The summed E-state index contributed by atoms with van der Waals surface area (Å²) in [5.41, 5.74) is 2.77. The summed E-state index contributed by atoms with van der Waals surface area (Å²) in [5, 5.41) is 12.0. The molecule has 5 rings (SSSR count). The molecule has 0 radical (unpaired) electrons. The van der Waals surface area contributed by atoms with Crippen molar-refractivity contribution < 1.29 is 14.3 Å². The quantitative estimate of drug-likeness (QED) is 0.618. The number of amides is 1. The van der Waals surface area contributed by atoms with Crippen LogP contribution in [0.2, 0.25) is 0 Å². The van der Waals surface area contributed by atoms with Gasteiger partial charge in [-0.05, 0) is 49.1 Å². The van der Waals surface area contributed by atoms with Crippen LogP contribution in [0.5, 0.6) is 5.75 Å². The molecule has 168 valence electrons. The Labute approximate surface area is 187 Å². The predicted octanol–water partition coefficient (Wildman–Crippen LogP) is 3.12. The number of fused-ring (bicyclic) bond motifs is 1. The van der Waals surface area contributed by atoms with Crippen molar-refractivity contribution in [1.29, 1.82) is 0 Å². The molecular formula is C24H29N5O3. The molecule has 2 saturated heterocycles. The van der Waals surface area contributed by atoms with Crippen molar-refractivity contribution in [2.75, 3.05) is 38.7 Å². The number of aromatic nitrogens is 3. The maximum Gasteiger partial charge on any atom is 0.227 e. The second kappa shape index (κ2) is 9.16. The maximum atomic E-state index is 12.8. The van der Waals surface area contributed by atoms with Crippen molar-refractivity contribution >= 4 is 22.8 Å². The number of pyridine rings is 1. The number of carbonyl (C=O) groups excluding carboxylic acids is 1. The molecule has 0 spiro atoms. The number of ether oxygens (including phenoxy) is 2. The van der Waals surface area contributed by atoms with Gasteiger partial charge in [0.2, 0.25) is 5.91 Å². The summed E-state index contributed by atoms with van der Waals surface area (Å²) in [5.74, 6) is 2.01. The van der Waals surface area contributed by atoms with Crippen molar-refractivity contribution in [3.63, 3.8) is 0 Å². The molecule has 4 heterocycles. The molecule has 2 aliphatic heterocycles. The van der Waals surface area contributed by atoms with Crippen molar-refractivity contribution in [2.24, 2.45) is 0 Å². The van der Waals surface area contributed by atoms with Crippen LogP contribution in [0.1, 0.15) is 36.4 Å². The number of anilines is 1. The monoisotopic (exact) mass is 435 g/mol. The number of hydrogen-bond donors (Lipinski definition) is 2. The second-order valence-electron chi connectivity index (χ2n) is 8.59. The molecule has 2 aromatic heterocycles. The van der Waals surface area contributed by atoms with Crippen molar-refractivity contribution in [3.8, 4) is 5.75 Å². The van der Waals surface area contributed by atoms with Gasteiger partial charge >= 0.3 is 0 Å². The van der Waals surface area contributed by atoms with Gasteiger partial charge in [-0.25, -0.2) is 4.98 Å². The van der Waals surface area contributed by atoms with Gasteiger partial charge in [0.25, 0.3) is 0 Å². The smallest absolute Gasteiger partial charge is 0.227 e. The number of rotatable bonds is 6. The number of methoxy groups -OCH3 is 1. The Morgan fingerprint density at radius 2 is 2.12 bits per heavy atom. The molecule has 0 saturated carbocycles. The minimum Gasteiger partial charge on any atom is -0.497 e. The molecule has 0 unspecified atom stereocenters. The zero-order valence-corrected chi connectivity index (χ0v) is 18.3. The fourth-order valence-electron chi connectivity index (χ4n) is 4.59. The molecule has 8 heteroatoms. The highest BCUT2D eigenvalue weighted by atomic mass is 16.5. The molecular weight excluding hydrogens is 406 g/mol. The topological polar surface area (TPSA) is 92.4 Å². The Balaban J connectivity index is 1.23. The Bertz CT molecular complexity index is 1090. The number of nitrogens with zero attached hydrogens (tertiary/aromatic N) is 3. The van der Waals surface area contributed by atoms with Crippen LogP contribution in [0.25, 0.3) is 11.0 Å². The van der Waals surface area contributed by atoms with E-state index in [1.165, 1.54) is 0 Å². The largest absolute Gasteiger partial charge is 0.497 e. The van der Waals surface area contributed by atoms with E-state index in [2.05, 4.69) is 27.6 Å². The van der Waals surface area contributed by atoms with Gasteiger partial charge in [0.1, 0.15) is 5.75 Å². The van der Waals surface area contributed by atoms with E-state index in [4.69, 9.17) is 14.5 Å². The number of aromatic amines is 1. The fourth-order valence-corrected chi connectivity index (χ4v) is 4.59. The Morgan fingerprint density at radius 1 is 1.25 bits per heavy atom. The van der Waals surface area contributed by atoms with Gasteiger partial charge < -0.3 is 19.7 Å². The Morgan fingerprint density at radius 3 is 2.97 bits per heavy atom. The Hall–Kier alpha value is -3.13. The first-order chi connectivity index (χ1) is 15.7. The van der Waals surface area contributed by atoms with Gasteiger partial charge in [-0.15, -0.1) is 0 Å². The molecule has 0 bridgehead atoms. The van der Waals surface area contributed by atoms with Crippen LogP contribution in [0.15, 0.2) is 36.4 Å². The van der Waals surface area contributed by atoms with E-state index in [1.54, 1.807) is 7.11 Å². The van der Waals surface area contributed by atoms with Crippen LogP contribution < -0.4 is 10.1 Å². The van der Waals surface area contributed by atoms with Crippen LogP contribution in [0.3, 0.4) is 0 Å². The molecule has 8 nitrogen and oxygen atoms in total. The van der Waals surface area contributed by atoms with E-state index in [-0.39, 0.29) is 11.8 Å². The molecule has 3 aromatic rings. The minimum absolute atomic E-state index is 0.145. The van der Waals surface area contributed by atoms with Gasteiger partial charge in [-0.1, -0.05) is 12.1 Å². The fraction of sp³-hybridized carbons (Fsp3) is 0.458. The number of nitrogens with one attached hydrogen (secondary N) is 2. The van der Waals surface area contributed by atoms with Crippen molar-refractivity contribution in [1.82, 2.24) is 20.1 Å². The number of carbonyl (C=O) groups is 1. The first kappa shape index (κ1) is 20.8. The molecule has 2 aliphatic rings. The third-order valence-corrected chi connectivity index (χ3v) is 6.46. The zero-order chi connectivity index (χ0) is 21.9. The maximum absolute atomic E-state index is 12.8. The summed E-state index contributed by atoms with van der Waals surface area (Å²) in [6, 6.07) is 12.2. The first-order valence-corrected chi connectivity index (χ1v) is 11.3. The molecule has 0 aliphatic carbocycles. The van der Waals surface area contributed by atoms with Gasteiger partial charge in [0, 0.05) is 44.0 Å². The number of H-pyrrole nitrogens is 1. The average Bonchev–Trinajstić information content (AvgIpc) is 3.47. The lowest BCUT2D eigenvalue weighted by atomic mass is 10.0. The number of hydrogen-bond acceptors (Lipinski definition) is 6. The summed E-state index contributed by atoms with van der Waals surface area (Å²) >= 11 is 0. The summed E-state index contributed by atoms with van der Waals surface area (Å²) < 4.78 is 10.7. The van der Waals surface area contributed by atoms with Crippen LogP contribution in [0.4, 0.5) is 5.82 Å². The lowest BCUT2D eigenvalue weighted by molar-refractivity contribution is -0.129. The molecule has 32 heavy (non-hydrogen) atoms. The SMILES string of the molecule is COc1cccc(CC(=O)N2CC[C@H](c3ccc4c(NC5CCOCC5)n[nH]c4n3)C2)c1. The lowest BCUT2D eigenvalue weighted by Gasteiger charge is -2.23. The van der Waals surface area contributed by atoms with E-state index in [9.17, 15) is 4.79 Å². The van der Waals surface area contributed by atoms with E-state index >= 15 is 0 Å². The van der Waals surface area contributed by atoms with Crippen LogP contribution >= 0.6 is 0 Å². The van der Waals surface area contributed by atoms with Crippen LogP contribution in [-0.4, -0.2) is 65.4 Å². The Kier molecular flexibility index (Phi) is 5.94. The highest BCUT2D eigenvalue weighted by Crippen LogP contribution is 2.29. The minimum atomic E-state index is 0.145.